The molecule has 0 heterocycles. The van der Waals surface area contributed by atoms with Gasteiger partial charge in [0.15, 0.2) is 0 Å². The summed E-state index contributed by atoms with van der Waals surface area (Å²) in [7, 11) is -7.69. The number of sulfonamides is 2. The molecular formula is C14H15N3O6S2. The number of rotatable bonds is 7. The monoisotopic (exact) mass is 385 g/mol. The third-order valence-corrected chi connectivity index (χ3v) is 6.03. The molecule has 134 valence electrons. The van der Waals surface area contributed by atoms with Gasteiger partial charge in [-0.25, -0.2) is 21.6 Å². The van der Waals surface area contributed by atoms with Gasteiger partial charge in [-0.15, -0.1) is 0 Å². The van der Waals surface area contributed by atoms with Gasteiger partial charge < -0.3 is 0 Å². The summed E-state index contributed by atoms with van der Waals surface area (Å²) < 4.78 is 52.8. The zero-order valence-electron chi connectivity index (χ0n) is 13.0. The summed E-state index contributed by atoms with van der Waals surface area (Å²) in [6.07, 6.45) is 0. The van der Waals surface area contributed by atoms with E-state index in [0.717, 1.165) is 6.07 Å². The van der Waals surface area contributed by atoms with E-state index in [1.54, 1.807) is 6.92 Å². The van der Waals surface area contributed by atoms with Gasteiger partial charge in [-0.2, -0.15) is 0 Å². The van der Waals surface area contributed by atoms with Gasteiger partial charge in [-0.05, 0) is 30.3 Å². The van der Waals surface area contributed by atoms with Crippen LogP contribution in [0.2, 0.25) is 0 Å². The fourth-order valence-electron chi connectivity index (χ4n) is 1.95. The summed E-state index contributed by atoms with van der Waals surface area (Å²) in [6.45, 7) is 1.86. The molecule has 0 aromatic heterocycles. The van der Waals surface area contributed by atoms with Gasteiger partial charge in [0.05, 0.1) is 14.7 Å². The molecule has 11 heteroatoms. The van der Waals surface area contributed by atoms with Crippen molar-refractivity contribution in [3.05, 3.63) is 58.6 Å². The highest BCUT2D eigenvalue weighted by Crippen LogP contribution is 2.21. The fourth-order valence-corrected chi connectivity index (χ4v) is 4.09. The van der Waals surface area contributed by atoms with Crippen molar-refractivity contribution in [3.8, 4) is 0 Å². The van der Waals surface area contributed by atoms with Gasteiger partial charge in [-0.1, -0.05) is 13.0 Å². The first-order valence-corrected chi connectivity index (χ1v) is 9.99. The quantitative estimate of drug-likeness (QED) is 0.550. The number of anilines is 1. The van der Waals surface area contributed by atoms with Crippen LogP contribution in [0.15, 0.2) is 58.3 Å². The minimum atomic E-state index is -4.05. The standard InChI is InChI=1S/C14H15N3O6S2/c1-2-15-24(20,21)13-8-6-11(7-9-13)16-25(22,23)14-5-3-4-12(10-14)17(18)19/h3-10,15-16H,2H2,1H3. The van der Waals surface area contributed by atoms with E-state index in [2.05, 4.69) is 9.44 Å². The summed E-state index contributed by atoms with van der Waals surface area (Å²) in [4.78, 5) is 9.78. The Morgan fingerprint density at radius 1 is 0.960 bits per heavy atom. The molecule has 0 aliphatic heterocycles. The van der Waals surface area contributed by atoms with Crippen molar-refractivity contribution in [2.75, 3.05) is 11.3 Å². The van der Waals surface area contributed by atoms with Crippen LogP contribution >= 0.6 is 0 Å². The number of nitro groups is 1. The Morgan fingerprint density at radius 3 is 2.16 bits per heavy atom. The van der Waals surface area contributed by atoms with Crippen molar-refractivity contribution in [2.45, 2.75) is 16.7 Å². The van der Waals surface area contributed by atoms with E-state index in [0.29, 0.717) is 0 Å². The van der Waals surface area contributed by atoms with E-state index in [4.69, 9.17) is 0 Å². The van der Waals surface area contributed by atoms with E-state index in [9.17, 15) is 26.9 Å². The number of non-ortho nitro benzene ring substituents is 1. The Morgan fingerprint density at radius 2 is 1.60 bits per heavy atom. The predicted octanol–water partition coefficient (Wildman–Crippen LogP) is 1.69. The Bertz CT molecular complexity index is 985. The van der Waals surface area contributed by atoms with E-state index in [1.165, 1.54) is 42.5 Å². The summed E-state index contributed by atoms with van der Waals surface area (Å²) >= 11 is 0. The van der Waals surface area contributed by atoms with Crippen molar-refractivity contribution in [1.29, 1.82) is 0 Å². The number of nitrogens with one attached hydrogen (secondary N) is 2. The molecule has 25 heavy (non-hydrogen) atoms. The van der Waals surface area contributed by atoms with Crippen LogP contribution in [-0.4, -0.2) is 28.3 Å². The lowest BCUT2D eigenvalue weighted by atomic mass is 10.3. The smallest absolute Gasteiger partial charge is 0.270 e. The van der Waals surface area contributed by atoms with Crippen LogP contribution in [0.1, 0.15) is 6.92 Å². The van der Waals surface area contributed by atoms with E-state index < -0.39 is 25.0 Å². The first kappa shape index (κ1) is 18.8. The third kappa shape index (κ3) is 4.53. The highest BCUT2D eigenvalue weighted by molar-refractivity contribution is 7.92. The second-order valence-corrected chi connectivity index (χ2v) is 8.34. The Balaban J connectivity index is 2.27. The number of nitrogens with zero attached hydrogens (tertiary/aromatic N) is 1. The van der Waals surface area contributed by atoms with Crippen molar-refractivity contribution in [1.82, 2.24) is 4.72 Å². The molecule has 0 fully saturated rings. The third-order valence-electron chi connectivity index (χ3n) is 3.09. The number of nitro benzene ring substituents is 1. The zero-order chi connectivity index (χ0) is 18.7. The fraction of sp³-hybridized carbons (Fsp3) is 0.143. The molecule has 2 rings (SSSR count). The van der Waals surface area contributed by atoms with Crippen molar-refractivity contribution < 1.29 is 21.8 Å². The Labute approximate surface area is 144 Å². The van der Waals surface area contributed by atoms with E-state index in [1.807, 2.05) is 0 Å². The first-order valence-electron chi connectivity index (χ1n) is 7.03. The average Bonchev–Trinajstić information content (AvgIpc) is 2.55. The lowest BCUT2D eigenvalue weighted by Crippen LogP contribution is -2.23. The van der Waals surface area contributed by atoms with Gasteiger partial charge in [0.2, 0.25) is 10.0 Å². The van der Waals surface area contributed by atoms with Gasteiger partial charge in [0, 0.05) is 24.4 Å². The topological polar surface area (TPSA) is 135 Å². The van der Waals surface area contributed by atoms with Crippen LogP contribution in [0.3, 0.4) is 0 Å². The minimum absolute atomic E-state index is 0.00681. The molecule has 0 amide bonds. The molecule has 0 aliphatic carbocycles. The second kappa shape index (κ2) is 7.17. The van der Waals surface area contributed by atoms with Crippen LogP contribution in [0.4, 0.5) is 11.4 Å². The highest BCUT2D eigenvalue weighted by atomic mass is 32.2. The van der Waals surface area contributed by atoms with Crippen molar-refractivity contribution >= 4 is 31.4 Å². The molecule has 0 bridgehead atoms. The lowest BCUT2D eigenvalue weighted by Gasteiger charge is -2.09. The van der Waals surface area contributed by atoms with E-state index >= 15 is 0 Å². The summed E-state index contributed by atoms with van der Waals surface area (Å²) in [5.74, 6) is 0. The average molecular weight is 385 g/mol. The van der Waals surface area contributed by atoms with Crippen LogP contribution in [-0.2, 0) is 20.0 Å². The molecule has 2 aromatic carbocycles. The van der Waals surface area contributed by atoms with Crippen LogP contribution in [0, 0.1) is 10.1 Å². The number of hydrogen-bond acceptors (Lipinski definition) is 6. The SMILES string of the molecule is CCNS(=O)(=O)c1ccc(NS(=O)(=O)c2cccc([N+](=O)[O-])c2)cc1. The highest BCUT2D eigenvalue weighted by Gasteiger charge is 2.18. The van der Waals surface area contributed by atoms with Gasteiger partial charge in [0.25, 0.3) is 15.7 Å². The molecule has 2 N–H and O–H groups in total. The number of benzene rings is 2. The van der Waals surface area contributed by atoms with E-state index in [-0.39, 0.29) is 27.7 Å². The summed E-state index contributed by atoms with van der Waals surface area (Å²) in [6, 6.07) is 9.69. The van der Waals surface area contributed by atoms with Crippen LogP contribution in [0.25, 0.3) is 0 Å². The molecule has 0 spiro atoms. The predicted molar refractivity (Wildman–Crippen MR) is 91.2 cm³/mol. The second-order valence-electron chi connectivity index (χ2n) is 4.89. The van der Waals surface area contributed by atoms with Crippen LogP contribution in [0.5, 0.6) is 0 Å². The molecular weight excluding hydrogens is 370 g/mol. The normalized spacial score (nSPS) is 11.9. The Hall–Kier alpha value is -2.50. The molecule has 0 atom stereocenters. The molecule has 0 saturated carbocycles. The maximum Gasteiger partial charge on any atom is 0.270 e. The lowest BCUT2D eigenvalue weighted by molar-refractivity contribution is -0.385. The maximum atomic E-state index is 12.3. The van der Waals surface area contributed by atoms with Crippen LogP contribution < -0.4 is 9.44 Å². The molecule has 0 saturated heterocycles. The van der Waals surface area contributed by atoms with Gasteiger partial charge in [-0.3, -0.25) is 14.8 Å². The molecule has 9 nitrogen and oxygen atoms in total. The summed E-state index contributed by atoms with van der Waals surface area (Å²) in [5.41, 5.74) is -0.225. The molecule has 2 aromatic rings. The first-order chi connectivity index (χ1) is 11.7. The largest absolute Gasteiger partial charge is 0.280 e. The van der Waals surface area contributed by atoms with Crippen molar-refractivity contribution in [2.24, 2.45) is 0 Å². The minimum Gasteiger partial charge on any atom is -0.280 e. The molecule has 0 unspecified atom stereocenters. The van der Waals surface area contributed by atoms with Crippen molar-refractivity contribution in [3.63, 3.8) is 0 Å². The zero-order valence-corrected chi connectivity index (χ0v) is 14.7. The molecule has 0 aliphatic rings. The molecule has 0 radical (unpaired) electrons. The Kier molecular flexibility index (Phi) is 5.40. The number of hydrogen-bond donors (Lipinski definition) is 2. The maximum absolute atomic E-state index is 12.3. The summed E-state index contributed by atoms with van der Waals surface area (Å²) in [5, 5.41) is 10.8. The van der Waals surface area contributed by atoms with Gasteiger partial charge >= 0.3 is 0 Å². The van der Waals surface area contributed by atoms with Gasteiger partial charge in [0.1, 0.15) is 0 Å².